The van der Waals surface area contributed by atoms with Gasteiger partial charge in [-0.25, -0.2) is 9.78 Å². The second-order valence-corrected chi connectivity index (χ2v) is 9.04. The Morgan fingerprint density at radius 3 is 2.82 bits per heavy atom. The van der Waals surface area contributed by atoms with Gasteiger partial charge in [-0.2, -0.15) is 0 Å². The molecule has 1 aromatic carbocycles. The molecule has 7 nitrogen and oxygen atoms in total. The predicted octanol–water partition coefficient (Wildman–Crippen LogP) is 5.65. The van der Waals surface area contributed by atoms with Crippen molar-refractivity contribution in [3.8, 4) is 17.2 Å². The lowest BCUT2D eigenvalue weighted by Gasteiger charge is -2.32. The number of carbonyl (C=O) groups is 1. The Hall–Kier alpha value is -2.38. The largest absolute Gasteiger partial charge is 0.497 e. The van der Waals surface area contributed by atoms with Crippen molar-refractivity contribution in [1.82, 2.24) is 4.98 Å². The minimum atomic E-state index is -1.12. The van der Waals surface area contributed by atoms with Crippen LogP contribution in [0.2, 0.25) is 0 Å². The van der Waals surface area contributed by atoms with Gasteiger partial charge in [0.25, 0.3) is 0 Å². The topological polar surface area (TPSA) is 91.0 Å². The van der Waals surface area contributed by atoms with Crippen LogP contribution in [-0.2, 0) is 27.3 Å². The Balaban J connectivity index is 1.58. The van der Waals surface area contributed by atoms with Crippen LogP contribution in [0.25, 0.3) is 11.5 Å². The minimum Gasteiger partial charge on any atom is -0.497 e. The summed E-state index contributed by atoms with van der Waals surface area (Å²) < 4.78 is 23.5. The fourth-order valence-electron chi connectivity index (χ4n) is 4.41. The first-order valence-corrected chi connectivity index (χ1v) is 12.0. The average Bonchev–Trinajstić information content (AvgIpc) is 3.25. The Morgan fingerprint density at radius 2 is 2.12 bits per heavy atom. The van der Waals surface area contributed by atoms with Crippen molar-refractivity contribution in [2.75, 3.05) is 13.7 Å². The summed E-state index contributed by atoms with van der Waals surface area (Å²) in [4.78, 5) is 16.3. The molecule has 0 saturated heterocycles. The zero-order valence-corrected chi connectivity index (χ0v) is 20.3. The predicted molar refractivity (Wildman–Crippen MR) is 125 cm³/mol. The number of hydrogen-bond donors (Lipinski definition) is 1. The third-order valence-electron chi connectivity index (χ3n) is 6.42. The van der Waals surface area contributed by atoms with Gasteiger partial charge in [-0.15, -0.1) is 0 Å². The molecule has 1 heterocycles. The van der Waals surface area contributed by atoms with E-state index in [-0.39, 0.29) is 6.10 Å². The quantitative estimate of drug-likeness (QED) is 0.439. The highest BCUT2D eigenvalue weighted by molar-refractivity contribution is 5.76. The van der Waals surface area contributed by atoms with Crippen LogP contribution in [0.3, 0.4) is 0 Å². The SMILES string of the molecule is CCCC(C)(OCC1CCC[C@H](OCc2nc(-c3cccc(OC)c3)oc2CC)C1)C(=O)O. The summed E-state index contributed by atoms with van der Waals surface area (Å²) in [6, 6.07) is 7.67. The summed E-state index contributed by atoms with van der Waals surface area (Å²) in [6.07, 6.45) is 6.06. The molecule has 1 aliphatic carbocycles. The fraction of sp³-hybridized carbons (Fsp3) is 0.615. The van der Waals surface area contributed by atoms with Crippen LogP contribution in [0.5, 0.6) is 5.75 Å². The normalized spacial score (nSPS) is 20.4. The standard InChI is InChI=1S/C26H37NO6/c1-5-13-26(3,25(28)29)32-16-18-9-7-12-21(14-18)31-17-22-23(6-2)33-24(27-22)19-10-8-11-20(15-19)30-4/h8,10-11,15,18,21H,5-7,9,12-14,16-17H2,1-4H3,(H,28,29)/t18?,21-,26?/m0/s1. The molecule has 1 saturated carbocycles. The molecule has 0 spiro atoms. The van der Waals surface area contributed by atoms with E-state index in [0.717, 1.165) is 61.3 Å². The lowest BCUT2D eigenvalue weighted by atomic mass is 9.87. The van der Waals surface area contributed by atoms with E-state index in [0.29, 0.717) is 31.4 Å². The van der Waals surface area contributed by atoms with Gasteiger partial charge in [0.05, 0.1) is 26.4 Å². The number of ether oxygens (including phenoxy) is 3. The van der Waals surface area contributed by atoms with Crippen molar-refractivity contribution >= 4 is 5.97 Å². The molecule has 1 N–H and O–H groups in total. The van der Waals surface area contributed by atoms with Crippen molar-refractivity contribution in [3.05, 3.63) is 35.7 Å². The van der Waals surface area contributed by atoms with Gasteiger partial charge in [0.1, 0.15) is 17.2 Å². The summed E-state index contributed by atoms with van der Waals surface area (Å²) in [5.41, 5.74) is 0.587. The molecule has 0 radical (unpaired) electrons. The van der Waals surface area contributed by atoms with Gasteiger partial charge in [-0.05, 0) is 56.7 Å². The van der Waals surface area contributed by atoms with Gasteiger partial charge >= 0.3 is 5.97 Å². The number of carboxylic acid groups (broad SMARTS) is 1. The first-order valence-electron chi connectivity index (χ1n) is 12.0. The van der Waals surface area contributed by atoms with Crippen molar-refractivity contribution in [1.29, 1.82) is 0 Å². The zero-order valence-electron chi connectivity index (χ0n) is 20.3. The smallest absolute Gasteiger partial charge is 0.335 e. The number of hydrogen-bond acceptors (Lipinski definition) is 6. The summed E-state index contributed by atoms with van der Waals surface area (Å²) in [5.74, 6) is 1.57. The summed E-state index contributed by atoms with van der Waals surface area (Å²) in [6.45, 7) is 6.54. The maximum atomic E-state index is 11.6. The van der Waals surface area contributed by atoms with Gasteiger partial charge in [0, 0.05) is 12.0 Å². The first kappa shape index (κ1) is 25.2. The fourth-order valence-corrected chi connectivity index (χ4v) is 4.41. The summed E-state index contributed by atoms with van der Waals surface area (Å²) in [5, 5.41) is 9.55. The molecule has 1 aromatic heterocycles. The lowest BCUT2D eigenvalue weighted by molar-refractivity contribution is -0.167. The lowest BCUT2D eigenvalue weighted by Crippen LogP contribution is -2.40. The zero-order chi connectivity index (χ0) is 23.8. The second-order valence-electron chi connectivity index (χ2n) is 9.04. The van der Waals surface area contributed by atoms with E-state index in [4.69, 9.17) is 23.6 Å². The molecular weight excluding hydrogens is 422 g/mol. The monoisotopic (exact) mass is 459 g/mol. The molecule has 2 aromatic rings. The molecule has 0 aliphatic heterocycles. The van der Waals surface area contributed by atoms with Crippen LogP contribution >= 0.6 is 0 Å². The molecule has 3 atom stereocenters. The van der Waals surface area contributed by atoms with E-state index in [1.54, 1.807) is 14.0 Å². The van der Waals surface area contributed by atoms with Crippen LogP contribution in [0.1, 0.15) is 70.8 Å². The number of nitrogens with zero attached hydrogens (tertiary/aromatic N) is 1. The molecular formula is C26H37NO6. The summed E-state index contributed by atoms with van der Waals surface area (Å²) >= 11 is 0. The van der Waals surface area contributed by atoms with E-state index < -0.39 is 11.6 Å². The van der Waals surface area contributed by atoms with Gasteiger partial charge in [-0.1, -0.05) is 32.8 Å². The van der Waals surface area contributed by atoms with Crippen LogP contribution < -0.4 is 4.74 Å². The molecule has 7 heteroatoms. The first-order chi connectivity index (χ1) is 15.9. The number of oxazole rings is 1. The molecule has 3 rings (SSSR count). The van der Waals surface area contributed by atoms with E-state index in [1.807, 2.05) is 38.1 Å². The van der Waals surface area contributed by atoms with Gasteiger partial charge < -0.3 is 23.7 Å². The van der Waals surface area contributed by atoms with Crippen molar-refractivity contribution in [3.63, 3.8) is 0 Å². The average molecular weight is 460 g/mol. The van der Waals surface area contributed by atoms with E-state index >= 15 is 0 Å². The van der Waals surface area contributed by atoms with Crippen molar-refractivity contribution < 1.29 is 28.5 Å². The number of aliphatic carboxylic acids is 1. The number of methoxy groups -OCH3 is 1. The third-order valence-corrected chi connectivity index (χ3v) is 6.42. The molecule has 2 unspecified atom stereocenters. The Labute approximate surface area is 196 Å². The van der Waals surface area contributed by atoms with Crippen LogP contribution in [-0.4, -0.2) is 41.5 Å². The second kappa shape index (κ2) is 11.7. The van der Waals surface area contributed by atoms with Crippen LogP contribution in [0.4, 0.5) is 0 Å². The van der Waals surface area contributed by atoms with E-state index in [1.165, 1.54) is 0 Å². The Kier molecular flexibility index (Phi) is 8.92. The molecule has 0 amide bonds. The maximum Gasteiger partial charge on any atom is 0.335 e. The Bertz CT molecular complexity index is 910. The number of benzene rings is 1. The van der Waals surface area contributed by atoms with E-state index in [9.17, 15) is 9.90 Å². The molecule has 1 aliphatic rings. The number of aromatic nitrogens is 1. The Morgan fingerprint density at radius 1 is 1.30 bits per heavy atom. The highest BCUT2D eigenvalue weighted by Gasteiger charge is 2.35. The highest BCUT2D eigenvalue weighted by Crippen LogP contribution is 2.31. The highest BCUT2D eigenvalue weighted by atomic mass is 16.5. The number of aryl methyl sites for hydroxylation is 1. The van der Waals surface area contributed by atoms with Crippen molar-refractivity contribution in [2.24, 2.45) is 5.92 Å². The molecule has 182 valence electrons. The number of rotatable bonds is 12. The van der Waals surface area contributed by atoms with E-state index in [2.05, 4.69) is 0 Å². The third kappa shape index (κ3) is 6.58. The van der Waals surface area contributed by atoms with Crippen LogP contribution in [0, 0.1) is 5.92 Å². The summed E-state index contributed by atoms with van der Waals surface area (Å²) in [7, 11) is 1.64. The number of carboxylic acids is 1. The molecule has 33 heavy (non-hydrogen) atoms. The van der Waals surface area contributed by atoms with Crippen molar-refractivity contribution in [2.45, 2.75) is 84.0 Å². The van der Waals surface area contributed by atoms with Gasteiger partial charge in [0.2, 0.25) is 5.89 Å². The van der Waals surface area contributed by atoms with Crippen LogP contribution in [0.15, 0.2) is 28.7 Å². The maximum absolute atomic E-state index is 11.6. The molecule has 1 fully saturated rings. The van der Waals surface area contributed by atoms with Gasteiger partial charge in [0.15, 0.2) is 5.60 Å². The molecule has 0 bridgehead atoms. The van der Waals surface area contributed by atoms with Gasteiger partial charge in [-0.3, -0.25) is 0 Å². The minimum absolute atomic E-state index is 0.108.